The molecular weight excluding hydrogens is 274 g/mol. The second-order valence-electron chi connectivity index (χ2n) is 5.48. The lowest BCUT2D eigenvalue weighted by atomic mass is 10.2. The minimum Gasteiger partial charge on any atom is -0.384 e. The zero-order valence-corrected chi connectivity index (χ0v) is 13.2. The van der Waals surface area contributed by atoms with E-state index in [0.717, 1.165) is 24.3 Å². The van der Waals surface area contributed by atoms with E-state index in [1.807, 2.05) is 54.6 Å². The van der Waals surface area contributed by atoms with E-state index in [1.54, 1.807) is 0 Å². The lowest BCUT2D eigenvalue weighted by molar-refractivity contribution is 0.0951. The van der Waals surface area contributed by atoms with Gasteiger partial charge in [0.2, 0.25) is 0 Å². The Morgan fingerprint density at radius 3 is 2.32 bits per heavy atom. The first-order chi connectivity index (χ1) is 10.6. The van der Waals surface area contributed by atoms with E-state index < -0.39 is 0 Å². The number of benzene rings is 2. The average molecular weight is 297 g/mol. The smallest absolute Gasteiger partial charge is 0.251 e. The topological polar surface area (TPSA) is 44.4 Å². The molecular formula is C18H23N3O. The van der Waals surface area contributed by atoms with Gasteiger partial charge < -0.3 is 15.5 Å². The number of hydrogen-bond donors (Lipinski definition) is 2. The van der Waals surface area contributed by atoms with E-state index in [9.17, 15) is 4.79 Å². The predicted octanol–water partition coefficient (Wildman–Crippen LogP) is 2.59. The number of hydrogen-bond acceptors (Lipinski definition) is 3. The number of likely N-dealkylation sites (N-methyl/N-ethyl adjacent to an activating group) is 1. The molecule has 0 aliphatic heterocycles. The van der Waals surface area contributed by atoms with Crippen molar-refractivity contribution >= 4 is 11.6 Å². The number of carbonyl (C=O) groups excluding carboxylic acids is 1. The number of nitrogens with zero attached hydrogens (tertiary/aromatic N) is 1. The molecule has 4 nitrogen and oxygen atoms in total. The Bertz CT molecular complexity index is 579. The molecule has 0 atom stereocenters. The lowest BCUT2D eigenvalue weighted by Gasteiger charge is -2.12. The van der Waals surface area contributed by atoms with E-state index in [4.69, 9.17) is 0 Å². The summed E-state index contributed by atoms with van der Waals surface area (Å²) in [6, 6.07) is 17.4. The summed E-state index contributed by atoms with van der Waals surface area (Å²) < 4.78 is 0. The van der Waals surface area contributed by atoms with E-state index in [-0.39, 0.29) is 5.91 Å². The van der Waals surface area contributed by atoms with Crippen molar-refractivity contribution in [3.05, 3.63) is 65.7 Å². The third-order valence-corrected chi connectivity index (χ3v) is 3.33. The zero-order chi connectivity index (χ0) is 15.8. The summed E-state index contributed by atoms with van der Waals surface area (Å²) in [5.41, 5.74) is 2.87. The van der Waals surface area contributed by atoms with Gasteiger partial charge in [-0.25, -0.2) is 0 Å². The van der Waals surface area contributed by atoms with Crippen LogP contribution in [0.25, 0.3) is 0 Å². The van der Waals surface area contributed by atoms with Crippen LogP contribution in [0.1, 0.15) is 15.9 Å². The largest absolute Gasteiger partial charge is 0.384 e. The van der Waals surface area contributed by atoms with Crippen LogP contribution in [0.5, 0.6) is 0 Å². The molecule has 22 heavy (non-hydrogen) atoms. The standard InChI is InChI=1S/C18H23N3O/c1-21(2)13-12-19-17-10-8-15(9-11-17)14-20-18(22)16-6-4-3-5-7-16/h3-11,19H,12-14H2,1-2H3,(H,20,22). The van der Waals surface area contributed by atoms with Crippen LogP contribution in [0.15, 0.2) is 54.6 Å². The van der Waals surface area contributed by atoms with Gasteiger partial charge >= 0.3 is 0 Å². The van der Waals surface area contributed by atoms with Gasteiger partial charge in [-0.2, -0.15) is 0 Å². The molecule has 0 unspecified atom stereocenters. The molecule has 0 heterocycles. The molecule has 2 aromatic carbocycles. The maximum absolute atomic E-state index is 12.0. The molecule has 0 aromatic heterocycles. The van der Waals surface area contributed by atoms with Crippen LogP contribution in [0, 0.1) is 0 Å². The highest BCUT2D eigenvalue weighted by atomic mass is 16.1. The Morgan fingerprint density at radius 1 is 1.00 bits per heavy atom. The first kappa shape index (κ1) is 16.0. The van der Waals surface area contributed by atoms with E-state index >= 15 is 0 Å². The Morgan fingerprint density at radius 2 is 1.68 bits per heavy atom. The fourth-order valence-electron chi connectivity index (χ4n) is 2.04. The van der Waals surface area contributed by atoms with Gasteiger partial charge in [-0.3, -0.25) is 4.79 Å². The highest BCUT2D eigenvalue weighted by Crippen LogP contribution is 2.09. The highest BCUT2D eigenvalue weighted by Gasteiger charge is 2.03. The molecule has 0 aliphatic rings. The van der Waals surface area contributed by atoms with Gasteiger partial charge in [0.1, 0.15) is 0 Å². The minimum atomic E-state index is -0.0474. The summed E-state index contributed by atoms with van der Waals surface area (Å²) in [5.74, 6) is -0.0474. The van der Waals surface area contributed by atoms with Crippen LogP contribution in [-0.2, 0) is 6.54 Å². The van der Waals surface area contributed by atoms with Crippen LogP contribution in [0.3, 0.4) is 0 Å². The van der Waals surface area contributed by atoms with Crippen molar-refractivity contribution in [2.45, 2.75) is 6.54 Å². The van der Waals surface area contributed by atoms with Crippen molar-refractivity contribution in [3.8, 4) is 0 Å². The monoisotopic (exact) mass is 297 g/mol. The number of amides is 1. The molecule has 0 aliphatic carbocycles. The molecule has 2 N–H and O–H groups in total. The molecule has 0 radical (unpaired) electrons. The molecule has 0 saturated carbocycles. The Kier molecular flexibility index (Phi) is 5.98. The number of anilines is 1. The van der Waals surface area contributed by atoms with Gasteiger partial charge in [0.25, 0.3) is 5.91 Å². The molecule has 2 aromatic rings. The summed E-state index contributed by atoms with van der Waals surface area (Å²) in [5, 5.41) is 6.29. The van der Waals surface area contributed by atoms with E-state index in [0.29, 0.717) is 12.1 Å². The van der Waals surface area contributed by atoms with Gasteiger partial charge in [-0.05, 0) is 43.9 Å². The quantitative estimate of drug-likeness (QED) is 0.825. The first-order valence-corrected chi connectivity index (χ1v) is 7.46. The van der Waals surface area contributed by atoms with Crippen LogP contribution in [0.2, 0.25) is 0 Å². The molecule has 0 bridgehead atoms. The molecule has 1 amide bonds. The molecule has 4 heteroatoms. The summed E-state index contributed by atoms with van der Waals surface area (Å²) in [6.45, 7) is 2.44. The maximum Gasteiger partial charge on any atom is 0.251 e. The molecule has 0 spiro atoms. The molecule has 0 saturated heterocycles. The SMILES string of the molecule is CN(C)CCNc1ccc(CNC(=O)c2ccccc2)cc1. The van der Waals surface area contributed by atoms with Crippen molar-refractivity contribution in [1.82, 2.24) is 10.2 Å². The maximum atomic E-state index is 12.0. The zero-order valence-electron chi connectivity index (χ0n) is 13.2. The summed E-state index contributed by atoms with van der Waals surface area (Å²) >= 11 is 0. The average Bonchev–Trinajstić information content (AvgIpc) is 2.54. The van der Waals surface area contributed by atoms with Gasteiger partial charge in [0, 0.05) is 30.9 Å². The molecule has 0 fully saturated rings. The summed E-state index contributed by atoms with van der Waals surface area (Å²) in [6.07, 6.45) is 0. The van der Waals surface area contributed by atoms with Gasteiger partial charge in [-0.15, -0.1) is 0 Å². The second kappa shape index (κ2) is 8.20. The lowest BCUT2D eigenvalue weighted by Crippen LogP contribution is -2.22. The summed E-state index contributed by atoms with van der Waals surface area (Å²) in [7, 11) is 4.11. The first-order valence-electron chi connectivity index (χ1n) is 7.46. The minimum absolute atomic E-state index is 0.0474. The van der Waals surface area contributed by atoms with Crippen LogP contribution in [-0.4, -0.2) is 38.0 Å². The van der Waals surface area contributed by atoms with Gasteiger partial charge in [0.05, 0.1) is 0 Å². The van der Waals surface area contributed by atoms with E-state index in [1.165, 1.54) is 0 Å². The predicted molar refractivity (Wildman–Crippen MR) is 91.1 cm³/mol. The van der Waals surface area contributed by atoms with Crippen LogP contribution >= 0.6 is 0 Å². The van der Waals surface area contributed by atoms with Gasteiger partial charge in [0.15, 0.2) is 0 Å². The van der Waals surface area contributed by atoms with Crippen LogP contribution in [0.4, 0.5) is 5.69 Å². The van der Waals surface area contributed by atoms with Crippen molar-refractivity contribution in [2.24, 2.45) is 0 Å². The Balaban J connectivity index is 1.80. The number of nitrogens with one attached hydrogen (secondary N) is 2. The highest BCUT2D eigenvalue weighted by molar-refractivity contribution is 5.94. The van der Waals surface area contributed by atoms with Crippen molar-refractivity contribution in [1.29, 1.82) is 0 Å². The molecule has 116 valence electrons. The second-order valence-corrected chi connectivity index (χ2v) is 5.48. The normalized spacial score (nSPS) is 10.5. The van der Waals surface area contributed by atoms with Crippen molar-refractivity contribution in [3.63, 3.8) is 0 Å². The number of carbonyl (C=O) groups is 1. The van der Waals surface area contributed by atoms with Crippen molar-refractivity contribution < 1.29 is 4.79 Å². The fourth-order valence-corrected chi connectivity index (χ4v) is 2.04. The third kappa shape index (κ3) is 5.22. The fraction of sp³-hybridized carbons (Fsp3) is 0.278. The van der Waals surface area contributed by atoms with Crippen molar-refractivity contribution in [2.75, 3.05) is 32.5 Å². The van der Waals surface area contributed by atoms with Gasteiger partial charge in [-0.1, -0.05) is 30.3 Å². The number of rotatable bonds is 7. The van der Waals surface area contributed by atoms with Crippen LogP contribution < -0.4 is 10.6 Å². The Labute approximate surface area is 132 Å². The van der Waals surface area contributed by atoms with E-state index in [2.05, 4.69) is 29.6 Å². The Hall–Kier alpha value is -2.33. The molecule has 2 rings (SSSR count). The third-order valence-electron chi connectivity index (χ3n) is 3.33. The summed E-state index contributed by atoms with van der Waals surface area (Å²) in [4.78, 5) is 14.1.